The fourth-order valence-corrected chi connectivity index (χ4v) is 2.84. The van der Waals surface area contributed by atoms with Crippen LogP contribution in [0.4, 0.5) is 0 Å². The van der Waals surface area contributed by atoms with Gasteiger partial charge in [0.25, 0.3) is 0 Å². The van der Waals surface area contributed by atoms with E-state index in [1.165, 1.54) is 7.11 Å². The van der Waals surface area contributed by atoms with Crippen molar-refractivity contribution in [3.63, 3.8) is 0 Å². The standard InChI is InChI=1S/C11H18O4/c1-6-5-7(9(12)13)11(2,3)8(6)10(14)15-4/h6-8H,5H2,1-4H3,(H,12,13)/t6-,7-,8-/m0/s1. The van der Waals surface area contributed by atoms with Crippen molar-refractivity contribution in [2.24, 2.45) is 23.2 Å². The molecule has 4 nitrogen and oxygen atoms in total. The molecule has 0 aromatic rings. The number of hydrogen-bond donors (Lipinski definition) is 1. The van der Waals surface area contributed by atoms with Crippen molar-refractivity contribution < 1.29 is 19.4 Å². The number of carbonyl (C=O) groups excluding carboxylic acids is 1. The molecule has 0 aliphatic heterocycles. The summed E-state index contributed by atoms with van der Waals surface area (Å²) in [5.74, 6) is -1.83. The van der Waals surface area contributed by atoms with Crippen LogP contribution >= 0.6 is 0 Å². The molecule has 0 spiro atoms. The summed E-state index contributed by atoms with van der Waals surface area (Å²) in [4.78, 5) is 22.7. The molecule has 86 valence electrons. The van der Waals surface area contributed by atoms with E-state index < -0.39 is 17.3 Å². The second-order valence-electron chi connectivity index (χ2n) is 4.93. The number of aliphatic carboxylic acids is 1. The van der Waals surface area contributed by atoms with Crippen molar-refractivity contribution in [3.8, 4) is 0 Å². The van der Waals surface area contributed by atoms with E-state index >= 15 is 0 Å². The smallest absolute Gasteiger partial charge is 0.309 e. The molecule has 0 amide bonds. The van der Waals surface area contributed by atoms with E-state index in [2.05, 4.69) is 0 Å². The molecule has 0 aromatic carbocycles. The van der Waals surface area contributed by atoms with E-state index in [1.807, 2.05) is 20.8 Å². The summed E-state index contributed by atoms with van der Waals surface area (Å²) in [5.41, 5.74) is -0.529. The third-order valence-electron chi connectivity index (χ3n) is 3.63. The highest BCUT2D eigenvalue weighted by Crippen LogP contribution is 2.51. The Morgan fingerprint density at radius 1 is 1.40 bits per heavy atom. The number of carboxylic acids is 1. The lowest BCUT2D eigenvalue weighted by atomic mass is 9.74. The molecule has 0 aromatic heterocycles. The first kappa shape index (κ1) is 12.0. The zero-order valence-electron chi connectivity index (χ0n) is 9.61. The van der Waals surface area contributed by atoms with Gasteiger partial charge in [0.05, 0.1) is 18.9 Å². The summed E-state index contributed by atoms with van der Waals surface area (Å²) in [6.07, 6.45) is 0.544. The zero-order valence-corrected chi connectivity index (χ0v) is 9.61. The van der Waals surface area contributed by atoms with Gasteiger partial charge in [-0.05, 0) is 17.8 Å². The van der Waals surface area contributed by atoms with Gasteiger partial charge in [0.15, 0.2) is 0 Å². The van der Waals surface area contributed by atoms with Crippen molar-refractivity contribution >= 4 is 11.9 Å². The Balaban J connectivity index is 3.00. The first-order chi connectivity index (χ1) is 6.82. The van der Waals surface area contributed by atoms with Gasteiger partial charge in [-0.1, -0.05) is 20.8 Å². The van der Waals surface area contributed by atoms with Crippen LogP contribution in [0, 0.1) is 23.2 Å². The maximum absolute atomic E-state index is 11.6. The number of carboxylic acid groups (broad SMARTS) is 1. The minimum atomic E-state index is -0.821. The Morgan fingerprint density at radius 3 is 2.27 bits per heavy atom. The fourth-order valence-electron chi connectivity index (χ4n) is 2.84. The van der Waals surface area contributed by atoms with E-state index in [0.29, 0.717) is 6.42 Å². The minimum Gasteiger partial charge on any atom is -0.481 e. The second kappa shape index (κ2) is 3.83. The third-order valence-corrected chi connectivity index (χ3v) is 3.63. The fraction of sp³-hybridized carbons (Fsp3) is 0.818. The zero-order chi connectivity index (χ0) is 11.8. The average Bonchev–Trinajstić information content (AvgIpc) is 2.35. The molecular weight excluding hydrogens is 196 g/mol. The van der Waals surface area contributed by atoms with E-state index in [-0.39, 0.29) is 17.8 Å². The first-order valence-corrected chi connectivity index (χ1v) is 5.13. The molecule has 0 bridgehead atoms. The number of carbonyl (C=O) groups is 2. The SMILES string of the molecule is COC(=O)[C@@H]1[C@@H](C)C[C@@H](C(=O)O)C1(C)C. The van der Waals surface area contributed by atoms with E-state index in [0.717, 1.165) is 0 Å². The van der Waals surface area contributed by atoms with Crippen LogP contribution in [0.1, 0.15) is 27.2 Å². The largest absolute Gasteiger partial charge is 0.481 e. The van der Waals surface area contributed by atoms with Crippen LogP contribution in [0.2, 0.25) is 0 Å². The van der Waals surface area contributed by atoms with Crippen molar-refractivity contribution in [3.05, 3.63) is 0 Å². The van der Waals surface area contributed by atoms with Crippen molar-refractivity contribution in [1.82, 2.24) is 0 Å². The Hall–Kier alpha value is -1.06. The average molecular weight is 214 g/mol. The van der Waals surface area contributed by atoms with Crippen LogP contribution in [-0.4, -0.2) is 24.2 Å². The maximum Gasteiger partial charge on any atom is 0.309 e. The van der Waals surface area contributed by atoms with Crippen molar-refractivity contribution in [2.45, 2.75) is 27.2 Å². The number of hydrogen-bond acceptors (Lipinski definition) is 3. The molecule has 1 fully saturated rings. The van der Waals surface area contributed by atoms with Gasteiger partial charge in [-0.2, -0.15) is 0 Å². The van der Waals surface area contributed by atoms with E-state index in [4.69, 9.17) is 9.84 Å². The highest BCUT2D eigenvalue weighted by molar-refractivity contribution is 5.78. The quantitative estimate of drug-likeness (QED) is 0.708. The predicted molar refractivity (Wildman–Crippen MR) is 54.2 cm³/mol. The highest BCUT2D eigenvalue weighted by atomic mass is 16.5. The van der Waals surface area contributed by atoms with Crippen LogP contribution in [0.15, 0.2) is 0 Å². The molecule has 1 rings (SSSR count). The van der Waals surface area contributed by atoms with Gasteiger partial charge >= 0.3 is 11.9 Å². The lowest BCUT2D eigenvalue weighted by Crippen LogP contribution is -2.36. The van der Waals surface area contributed by atoms with Crippen molar-refractivity contribution in [2.75, 3.05) is 7.11 Å². The second-order valence-corrected chi connectivity index (χ2v) is 4.93. The van der Waals surface area contributed by atoms with Crippen LogP contribution in [-0.2, 0) is 14.3 Å². The predicted octanol–water partition coefficient (Wildman–Crippen LogP) is 1.54. The molecule has 1 aliphatic rings. The molecule has 15 heavy (non-hydrogen) atoms. The molecule has 0 unspecified atom stereocenters. The summed E-state index contributed by atoms with van der Waals surface area (Å²) in [7, 11) is 1.35. The summed E-state index contributed by atoms with van der Waals surface area (Å²) in [6.45, 7) is 5.57. The molecule has 0 heterocycles. The summed E-state index contributed by atoms with van der Waals surface area (Å²) >= 11 is 0. The topological polar surface area (TPSA) is 63.6 Å². The van der Waals surface area contributed by atoms with Crippen LogP contribution in [0.25, 0.3) is 0 Å². The Bertz CT molecular complexity index is 282. The monoisotopic (exact) mass is 214 g/mol. The van der Waals surface area contributed by atoms with Gasteiger partial charge in [-0.25, -0.2) is 0 Å². The number of rotatable bonds is 2. The molecule has 0 saturated heterocycles. The van der Waals surface area contributed by atoms with Gasteiger partial charge in [-0.15, -0.1) is 0 Å². The number of esters is 1. The summed E-state index contributed by atoms with van der Waals surface area (Å²) < 4.78 is 4.74. The normalized spacial score (nSPS) is 33.7. The summed E-state index contributed by atoms with van der Waals surface area (Å²) in [6, 6.07) is 0. The van der Waals surface area contributed by atoms with Gasteiger partial charge in [0.1, 0.15) is 0 Å². The van der Waals surface area contributed by atoms with Gasteiger partial charge < -0.3 is 9.84 Å². The highest BCUT2D eigenvalue weighted by Gasteiger charge is 2.54. The van der Waals surface area contributed by atoms with Crippen LogP contribution in [0.5, 0.6) is 0 Å². The Morgan fingerprint density at radius 2 is 1.93 bits per heavy atom. The molecule has 4 heteroatoms. The lowest BCUT2D eigenvalue weighted by molar-refractivity contribution is -0.153. The molecule has 1 aliphatic carbocycles. The molecule has 0 radical (unpaired) electrons. The van der Waals surface area contributed by atoms with E-state index in [1.54, 1.807) is 0 Å². The lowest BCUT2D eigenvalue weighted by Gasteiger charge is -2.29. The number of ether oxygens (including phenoxy) is 1. The van der Waals surface area contributed by atoms with Gasteiger partial charge in [0, 0.05) is 0 Å². The van der Waals surface area contributed by atoms with Crippen LogP contribution < -0.4 is 0 Å². The first-order valence-electron chi connectivity index (χ1n) is 5.13. The van der Waals surface area contributed by atoms with Gasteiger partial charge in [-0.3, -0.25) is 9.59 Å². The van der Waals surface area contributed by atoms with Gasteiger partial charge in [0.2, 0.25) is 0 Å². The Kier molecular flexibility index (Phi) is 3.07. The Labute approximate surface area is 89.6 Å². The maximum atomic E-state index is 11.6. The van der Waals surface area contributed by atoms with Crippen molar-refractivity contribution in [1.29, 1.82) is 0 Å². The molecule has 3 atom stereocenters. The molecular formula is C11H18O4. The van der Waals surface area contributed by atoms with Crippen LogP contribution in [0.3, 0.4) is 0 Å². The number of methoxy groups -OCH3 is 1. The molecule has 1 saturated carbocycles. The van der Waals surface area contributed by atoms with E-state index in [9.17, 15) is 9.59 Å². The summed E-state index contributed by atoms with van der Waals surface area (Å²) in [5, 5.41) is 9.09. The minimum absolute atomic E-state index is 0.0635. The molecule has 1 N–H and O–H groups in total. The third kappa shape index (κ3) is 1.85.